The molecule has 0 radical (unpaired) electrons. The van der Waals surface area contributed by atoms with Gasteiger partial charge in [-0.15, -0.1) is 0 Å². The Morgan fingerprint density at radius 3 is 2.15 bits per heavy atom. The van der Waals surface area contributed by atoms with E-state index in [1.165, 1.54) is 18.2 Å². The minimum Gasteiger partial charge on any atom is -0.352 e. The third kappa shape index (κ3) is 3.21. The zero-order valence-corrected chi connectivity index (χ0v) is 20.8. The number of amides is 1. The van der Waals surface area contributed by atoms with E-state index in [2.05, 4.69) is 5.32 Å². The lowest BCUT2D eigenvalue weighted by molar-refractivity contribution is -0.121. The molecule has 0 aliphatic carbocycles. The average Bonchev–Trinajstić information content (AvgIpc) is 3.45. The first kappa shape index (κ1) is 23.3. The Morgan fingerprint density at radius 2 is 1.44 bits per heavy atom. The number of hydrogen-bond acceptors (Lipinski definition) is 4. The van der Waals surface area contributed by atoms with Gasteiger partial charge in [0, 0.05) is 22.5 Å². The molecule has 3 aliphatic heterocycles. The molecule has 1 spiro atoms. The fourth-order valence-electron chi connectivity index (χ4n) is 6.69. The van der Waals surface area contributed by atoms with E-state index in [0.29, 0.717) is 22.4 Å². The molecule has 190 valence electrons. The van der Waals surface area contributed by atoms with Gasteiger partial charge < -0.3 is 10.2 Å². The van der Waals surface area contributed by atoms with Crippen LogP contribution in [-0.2, 0) is 10.2 Å². The minimum absolute atomic E-state index is 0.269. The number of nitrogens with zero attached hydrogens (tertiary/aromatic N) is 1. The number of benzene rings is 4. The van der Waals surface area contributed by atoms with Crippen LogP contribution < -0.4 is 10.2 Å². The highest BCUT2D eigenvalue weighted by Crippen LogP contribution is 2.58. The minimum atomic E-state index is -1.54. The molecular formula is C33H23FN2O3. The molecule has 1 N–H and O–H groups in total. The highest BCUT2D eigenvalue weighted by atomic mass is 19.1. The van der Waals surface area contributed by atoms with E-state index in [4.69, 9.17) is 0 Å². The maximum atomic E-state index is 14.8. The van der Waals surface area contributed by atoms with E-state index < -0.39 is 35.1 Å². The Morgan fingerprint density at radius 1 is 0.795 bits per heavy atom. The van der Waals surface area contributed by atoms with Gasteiger partial charge in [-0.1, -0.05) is 91.0 Å². The molecule has 6 heteroatoms. The number of carbonyl (C=O) groups excluding carboxylic acids is 3. The fraction of sp³-hybridized carbons (Fsp3) is 0.121. The van der Waals surface area contributed by atoms with Crippen LogP contribution in [0.2, 0.25) is 0 Å². The molecular weight excluding hydrogens is 491 g/mol. The third-order valence-corrected chi connectivity index (χ3v) is 8.26. The molecule has 0 aromatic heterocycles. The number of halogens is 1. The first-order valence-electron chi connectivity index (χ1n) is 12.9. The van der Waals surface area contributed by atoms with Crippen LogP contribution in [0.4, 0.5) is 15.8 Å². The number of para-hydroxylation sites is 1. The number of carbonyl (C=O) groups is 3. The zero-order valence-electron chi connectivity index (χ0n) is 20.8. The maximum Gasteiger partial charge on any atom is 0.238 e. The number of nitrogens with one attached hydrogen (secondary N) is 1. The summed E-state index contributed by atoms with van der Waals surface area (Å²) in [5.74, 6) is -2.66. The Hall–Kier alpha value is -4.84. The number of rotatable bonds is 4. The van der Waals surface area contributed by atoms with E-state index in [1.807, 2.05) is 53.5 Å². The topological polar surface area (TPSA) is 66.5 Å². The Labute approximate surface area is 224 Å². The normalized spacial score (nSPS) is 24.2. The van der Waals surface area contributed by atoms with Gasteiger partial charge in [-0.25, -0.2) is 4.39 Å². The van der Waals surface area contributed by atoms with Crippen molar-refractivity contribution < 1.29 is 18.8 Å². The maximum absolute atomic E-state index is 14.8. The molecule has 3 heterocycles. The van der Waals surface area contributed by atoms with Crippen molar-refractivity contribution in [1.29, 1.82) is 0 Å². The van der Waals surface area contributed by atoms with E-state index in [9.17, 15) is 18.8 Å². The quantitative estimate of drug-likeness (QED) is 0.356. The van der Waals surface area contributed by atoms with Crippen molar-refractivity contribution >= 4 is 34.9 Å². The van der Waals surface area contributed by atoms with Crippen molar-refractivity contribution in [2.45, 2.75) is 17.5 Å². The van der Waals surface area contributed by atoms with Crippen molar-refractivity contribution in [2.75, 3.05) is 10.2 Å². The summed E-state index contributed by atoms with van der Waals surface area (Å²) in [5.41, 5.74) is 1.76. The van der Waals surface area contributed by atoms with Crippen molar-refractivity contribution in [2.24, 2.45) is 5.92 Å². The van der Waals surface area contributed by atoms with Gasteiger partial charge in [0.05, 0.1) is 12.0 Å². The number of Topliss-reactive ketones (excluding diaryl/α,β-unsaturated/α-hetero) is 2. The first-order valence-corrected chi connectivity index (χ1v) is 12.9. The first-order chi connectivity index (χ1) is 19.0. The summed E-state index contributed by atoms with van der Waals surface area (Å²) in [7, 11) is 0. The van der Waals surface area contributed by atoms with Gasteiger partial charge >= 0.3 is 0 Å². The number of hydrogen-bond donors (Lipinski definition) is 1. The number of ketones is 2. The summed E-state index contributed by atoms with van der Waals surface area (Å²) >= 11 is 0. The molecule has 0 bridgehead atoms. The number of fused-ring (bicyclic) bond motifs is 6. The van der Waals surface area contributed by atoms with E-state index >= 15 is 0 Å². The van der Waals surface area contributed by atoms with Crippen LogP contribution in [0.1, 0.15) is 31.8 Å². The van der Waals surface area contributed by atoms with Gasteiger partial charge in [-0.3, -0.25) is 14.4 Å². The fourth-order valence-corrected chi connectivity index (χ4v) is 6.69. The van der Waals surface area contributed by atoms with Gasteiger partial charge in [0.15, 0.2) is 11.6 Å². The molecule has 39 heavy (non-hydrogen) atoms. The predicted octanol–water partition coefficient (Wildman–Crippen LogP) is 5.68. The SMILES string of the molecule is O=C(c1ccccc1)[C@H]1[C@H](C(=O)c2ccccc2)[C@@]2(C(=O)Nc3ccc(F)cc32)C2C=Cc3ccccc3N21. The molecule has 1 saturated heterocycles. The molecule has 1 fully saturated rings. The molecule has 0 saturated carbocycles. The molecule has 3 aliphatic rings. The molecule has 5 nitrogen and oxygen atoms in total. The smallest absolute Gasteiger partial charge is 0.238 e. The van der Waals surface area contributed by atoms with Crippen LogP contribution >= 0.6 is 0 Å². The van der Waals surface area contributed by atoms with E-state index in [0.717, 1.165) is 11.3 Å². The van der Waals surface area contributed by atoms with Gasteiger partial charge in [0.2, 0.25) is 5.91 Å². The van der Waals surface area contributed by atoms with Crippen LogP contribution in [0.3, 0.4) is 0 Å². The largest absolute Gasteiger partial charge is 0.352 e. The Bertz CT molecular complexity index is 1680. The average molecular weight is 515 g/mol. The van der Waals surface area contributed by atoms with Gasteiger partial charge in [0.25, 0.3) is 0 Å². The van der Waals surface area contributed by atoms with Crippen LogP contribution in [0.25, 0.3) is 6.08 Å². The van der Waals surface area contributed by atoms with Crippen LogP contribution in [0.15, 0.2) is 109 Å². The summed E-state index contributed by atoms with van der Waals surface area (Å²) in [6.07, 6.45) is 3.80. The van der Waals surface area contributed by atoms with Crippen LogP contribution in [0.5, 0.6) is 0 Å². The lowest BCUT2D eigenvalue weighted by Gasteiger charge is -2.37. The highest BCUT2D eigenvalue weighted by Gasteiger charge is 2.70. The van der Waals surface area contributed by atoms with Crippen LogP contribution in [-0.4, -0.2) is 29.6 Å². The molecule has 4 aromatic rings. The second-order valence-electron chi connectivity index (χ2n) is 10.2. The van der Waals surface area contributed by atoms with Crippen LogP contribution in [0, 0.1) is 11.7 Å². The molecule has 4 atom stereocenters. The molecule has 1 amide bonds. The Kier molecular flexibility index (Phi) is 5.13. The standard InChI is InChI=1S/C33H23FN2O3/c34-23-16-17-25-24(19-23)33(32(39)35-25)27-18-15-20-9-7-8-14-26(20)36(27)29(31(38)22-12-5-2-6-13-22)28(33)30(37)21-10-3-1-4-11-21/h1-19,27-29H,(H,35,39)/t27?,28-,29-,33+/m1/s1. The lowest BCUT2D eigenvalue weighted by Crippen LogP contribution is -2.51. The van der Waals surface area contributed by atoms with Crippen molar-refractivity contribution in [3.8, 4) is 0 Å². The van der Waals surface area contributed by atoms with Crippen molar-refractivity contribution in [3.05, 3.63) is 137 Å². The lowest BCUT2D eigenvalue weighted by atomic mass is 9.64. The summed E-state index contributed by atoms with van der Waals surface area (Å²) in [5, 5.41) is 2.92. The zero-order chi connectivity index (χ0) is 26.7. The van der Waals surface area contributed by atoms with E-state index in [1.54, 1.807) is 48.5 Å². The highest BCUT2D eigenvalue weighted by molar-refractivity contribution is 6.18. The third-order valence-electron chi connectivity index (χ3n) is 8.26. The second kappa shape index (κ2) is 8.60. The summed E-state index contributed by atoms with van der Waals surface area (Å²) < 4.78 is 14.8. The predicted molar refractivity (Wildman–Crippen MR) is 147 cm³/mol. The number of anilines is 2. The summed E-state index contributed by atoms with van der Waals surface area (Å²) in [6, 6.07) is 27.6. The molecule has 7 rings (SSSR count). The van der Waals surface area contributed by atoms with Gasteiger partial charge in [0.1, 0.15) is 17.3 Å². The van der Waals surface area contributed by atoms with Crippen molar-refractivity contribution in [3.63, 3.8) is 0 Å². The summed E-state index contributed by atoms with van der Waals surface area (Å²) in [6.45, 7) is 0. The molecule has 4 aromatic carbocycles. The summed E-state index contributed by atoms with van der Waals surface area (Å²) in [4.78, 5) is 45.2. The monoisotopic (exact) mass is 514 g/mol. The second-order valence-corrected chi connectivity index (χ2v) is 10.2. The molecule has 1 unspecified atom stereocenters. The van der Waals surface area contributed by atoms with E-state index in [-0.39, 0.29) is 11.6 Å². The van der Waals surface area contributed by atoms with Crippen molar-refractivity contribution in [1.82, 2.24) is 0 Å². The van der Waals surface area contributed by atoms with Gasteiger partial charge in [-0.05, 0) is 35.4 Å². The van der Waals surface area contributed by atoms with Gasteiger partial charge in [-0.2, -0.15) is 0 Å². The Balaban J connectivity index is 1.56.